The van der Waals surface area contributed by atoms with Crippen LogP contribution in [0.1, 0.15) is 47.8 Å². The number of rotatable bonds is 3. The molecule has 0 spiro atoms. The SMILES string of the molecule is Cc1ccc(NC(=O)c2ccn(C3CCCC3)n2)cc1F. The highest BCUT2D eigenvalue weighted by Gasteiger charge is 2.19. The van der Waals surface area contributed by atoms with Crippen LogP contribution in [0.2, 0.25) is 0 Å². The van der Waals surface area contributed by atoms with Gasteiger partial charge >= 0.3 is 0 Å². The highest BCUT2D eigenvalue weighted by atomic mass is 19.1. The summed E-state index contributed by atoms with van der Waals surface area (Å²) in [6.07, 6.45) is 6.52. The molecule has 3 rings (SSSR count). The van der Waals surface area contributed by atoms with Crippen LogP contribution in [-0.2, 0) is 0 Å². The zero-order valence-electron chi connectivity index (χ0n) is 12.0. The number of hydrogen-bond acceptors (Lipinski definition) is 2. The lowest BCUT2D eigenvalue weighted by Gasteiger charge is -2.09. The Morgan fingerprint density at radius 1 is 1.33 bits per heavy atom. The lowest BCUT2D eigenvalue weighted by atomic mass is 10.2. The summed E-state index contributed by atoms with van der Waals surface area (Å²) in [4.78, 5) is 12.1. The fourth-order valence-corrected chi connectivity index (χ4v) is 2.70. The van der Waals surface area contributed by atoms with E-state index in [0.29, 0.717) is 23.0 Å². The van der Waals surface area contributed by atoms with Crippen LogP contribution in [-0.4, -0.2) is 15.7 Å². The second kappa shape index (κ2) is 5.68. The Balaban J connectivity index is 1.71. The van der Waals surface area contributed by atoms with Crippen LogP contribution in [0.25, 0.3) is 0 Å². The van der Waals surface area contributed by atoms with Gasteiger partial charge in [0.25, 0.3) is 5.91 Å². The van der Waals surface area contributed by atoms with Crippen LogP contribution in [0, 0.1) is 12.7 Å². The quantitative estimate of drug-likeness (QED) is 0.935. The lowest BCUT2D eigenvalue weighted by molar-refractivity contribution is 0.102. The Kier molecular flexibility index (Phi) is 3.73. The van der Waals surface area contributed by atoms with Crippen LogP contribution in [0.15, 0.2) is 30.5 Å². The Bertz CT molecular complexity index is 659. The Morgan fingerprint density at radius 3 is 2.81 bits per heavy atom. The van der Waals surface area contributed by atoms with Crippen LogP contribution < -0.4 is 5.32 Å². The Morgan fingerprint density at radius 2 is 2.10 bits per heavy atom. The molecule has 0 saturated heterocycles. The van der Waals surface area contributed by atoms with Gasteiger partial charge in [-0.3, -0.25) is 9.48 Å². The molecule has 0 unspecified atom stereocenters. The van der Waals surface area contributed by atoms with Gasteiger partial charge in [-0.2, -0.15) is 5.10 Å². The van der Waals surface area contributed by atoms with E-state index in [4.69, 9.17) is 0 Å². The van der Waals surface area contributed by atoms with E-state index in [1.807, 2.05) is 10.9 Å². The molecule has 1 fully saturated rings. The van der Waals surface area contributed by atoms with E-state index in [-0.39, 0.29) is 11.7 Å². The summed E-state index contributed by atoms with van der Waals surface area (Å²) in [5, 5.41) is 7.01. The van der Waals surface area contributed by atoms with Crippen molar-refractivity contribution in [1.82, 2.24) is 9.78 Å². The number of halogens is 1. The van der Waals surface area contributed by atoms with E-state index in [1.54, 1.807) is 25.1 Å². The molecule has 0 bridgehead atoms. The van der Waals surface area contributed by atoms with Gasteiger partial charge in [0.15, 0.2) is 5.69 Å². The van der Waals surface area contributed by atoms with Crippen molar-refractivity contribution in [3.05, 3.63) is 47.5 Å². The zero-order valence-corrected chi connectivity index (χ0v) is 12.0. The molecule has 0 aliphatic heterocycles. The third-order valence-corrected chi connectivity index (χ3v) is 3.97. The standard InChI is InChI=1S/C16H18FN3O/c1-11-6-7-12(10-14(11)17)18-16(21)15-8-9-20(19-15)13-4-2-3-5-13/h6-10,13H,2-5H2,1H3,(H,18,21). The molecule has 5 heteroatoms. The first-order valence-corrected chi connectivity index (χ1v) is 7.26. The van der Waals surface area contributed by atoms with Gasteiger partial charge in [0, 0.05) is 11.9 Å². The molecule has 0 radical (unpaired) electrons. The Hall–Kier alpha value is -2.17. The van der Waals surface area contributed by atoms with Gasteiger partial charge < -0.3 is 5.32 Å². The molecule has 1 N–H and O–H groups in total. The van der Waals surface area contributed by atoms with E-state index in [9.17, 15) is 9.18 Å². The molecule has 1 aromatic heterocycles. The molecule has 1 amide bonds. The Labute approximate surface area is 123 Å². The lowest BCUT2D eigenvalue weighted by Crippen LogP contribution is -2.14. The second-order valence-electron chi connectivity index (χ2n) is 5.54. The number of aromatic nitrogens is 2. The van der Waals surface area contributed by atoms with Crippen LogP contribution in [0.4, 0.5) is 10.1 Å². The number of anilines is 1. The van der Waals surface area contributed by atoms with Gasteiger partial charge in [0.05, 0.1) is 6.04 Å². The molecular weight excluding hydrogens is 269 g/mol. The fraction of sp³-hybridized carbons (Fsp3) is 0.375. The third-order valence-electron chi connectivity index (χ3n) is 3.97. The predicted molar refractivity (Wildman–Crippen MR) is 78.8 cm³/mol. The van der Waals surface area contributed by atoms with Crippen LogP contribution in [0.5, 0.6) is 0 Å². The minimum atomic E-state index is -0.329. The predicted octanol–water partition coefficient (Wildman–Crippen LogP) is 3.70. The summed E-state index contributed by atoms with van der Waals surface area (Å²) in [6, 6.07) is 6.76. The first-order valence-electron chi connectivity index (χ1n) is 7.26. The second-order valence-corrected chi connectivity index (χ2v) is 5.54. The minimum Gasteiger partial charge on any atom is -0.320 e. The maximum Gasteiger partial charge on any atom is 0.276 e. The van der Waals surface area contributed by atoms with Gasteiger partial charge in [-0.15, -0.1) is 0 Å². The normalized spacial score (nSPS) is 15.3. The third kappa shape index (κ3) is 2.96. The molecule has 1 aromatic carbocycles. The molecule has 21 heavy (non-hydrogen) atoms. The number of hydrogen-bond donors (Lipinski definition) is 1. The molecule has 4 nitrogen and oxygen atoms in total. The first-order chi connectivity index (χ1) is 10.1. The molecule has 1 aliphatic rings. The summed E-state index contributed by atoms with van der Waals surface area (Å²) >= 11 is 0. The van der Waals surface area contributed by atoms with E-state index in [2.05, 4.69) is 10.4 Å². The maximum absolute atomic E-state index is 13.5. The summed E-state index contributed by atoms with van der Waals surface area (Å²) in [6.45, 7) is 1.68. The van der Waals surface area contributed by atoms with Crippen molar-refractivity contribution >= 4 is 11.6 Å². The number of carbonyl (C=O) groups excluding carboxylic acids is 1. The maximum atomic E-state index is 13.5. The first kappa shape index (κ1) is 13.8. The van der Waals surface area contributed by atoms with Crippen molar-refractivity contribution in [2.45, 2.75) is 38.6 Å². The summed E-state index contributed by atoms with van der Waals surface area (Å²) in [5.74, 6) is -0.640. The number of aryl methyl sites for hydroxylation is 1. The van der Waals surface area contributed by atoms with Gasteiger partial charge in [-0.25, -0.2) is 4.39 Å². The number of nitrogens with one attached hydrogen (secondary N) is 1. The molecule has 110 valence electrons. The van der Waals surface area contributed by atoms with E-state index < -0.39 is 0 Å². The van der Waals surface area contributed by atoms with Crippen molar-refractivity contribution in [2.24, 2.45) is 0 Å². The molecule has 1 aliphatic carbocycles. The zero-order chi connectivity index (χ0) is 14.8. The molecule has 0 atom stereocenters. The number of amides is 1. The summed E-state index contributed by atoms with van der Waals surface area (Å²) < 4.78 is 15.3. The minimum absolute atomic E-state index is 0.310. The summed E-state index contributed by atoms with van der Waals surface area (Å²) in [7, 11) is 0. The highest BCUT2D eigenvalue weighted by molar-refractivity contribution is 6.02. The van der Waals surface area contributed by atoms with Gasteiger partial charge in [0.2, 0.25) is 0 Å². The molecule has 1 heterocycles. The number of nitrogens with zero attached hydrogens (tertiary/aromatic N) is 2. The molecule has 2 aromatic rings. The average molecular weight is 287 g/mol. The van der Waals surface area contributed by atoms with Crippen molar-refractivity contribution in [1.29, 1.82) is 0 Å². The smallest absolute Gasteiger partial charge is 0.276 e. The van der Waals surface area contributed by atoms with Gasteiger partial charge in [-0.05, 0) is 43.5 Å². The van der Waals surface area contributed by atoms with Gasteiger partial charge in [0.1, 0.15) is 5.82 Å². The molecular formula is C16H18FN3O. The molecule has 1 saturated carbocycles. The van der Waals surface area contributed by atoms with Crippen molar-refractivity contribution in [2.75, 3.05) is 5.32 Å². The van der Waals surface area contributed by atoms with Gasteiger partial charge in [-0.1, -0.05) is 18.9 Å². The number of benzene rings is 1. The summed E-state index contributed by atoms with van der Waals surface area (Å²) in [5.41, 5.74) is 1.36. The van der Waals surface area contributed by atoms with Crippen molar-refractivity contribution < 1.29 is 9.18 Å². The monoisotopic (exact) mass is 287 g/mol. The van der Waals surface area contributed by atoms with E-state index in [1.165, 1.54) is 18.9 Å². The highest BCUT2D eigenvalue weighted by Crippen LogP contribution is 2.28. The van der Waals surface area contributed by atoms with Crippen molar-refractivity contribution in [3.63, 3.8) is 0 Å². The van der Waals surface area contributed by atoms with E-state index >= 15 is 0 Å². The largest absolute Gasteiger partial charge is 0.320 e. The van der Waals surface area contributed by atoms with Crippen LogP contribution >= 0.6 is 0 Å². The topological polar surface area (TPSA) is 46.9 Å². The average Bonchev–Trinajstić information content (AvgIpc) is 3.12. The van der Waals surface area contributed by atoms with E-state index in [0.717, 1.165) is 12.8 Å². The van der Waals surface area contributed by atoms with Crippen molar-refractivity contribution in [3.8, 4) is 0 Å². The fourth-order valence-electron chi connectivity index (χ4n) is 2.70. The van der Waals surface area contributed by atoms with Crippen LogP contribution in [0.3, 0.4) is 0 Å². The number of carbonyl (C=O) groups is 1.